The molecule has 2 saturated carbocycles. The standard InChI is InChI=1S/C15H19N3OS2/c16-12-8-2-1-3-9(12)7-10(6-8)13(19)18-15-17-11-4-5-20-14(11)21-15/h4-5,8-10,12H,1-3,6-7,16H2,(H,17,18,19). The van der Waals surface area contributed by atoms with Gasteiger partial charge in [0.15, 0.2) is 5.13 Å². The molecule has 2 aliphatic rings. The number of carbonyl (C=O) groups excluding carboxylic acids is 1. The molecule has 1 amide bonds. The number of thiophene rings is 1. The number of nitrogens with zero attached hydrogens (tertiary/aromatic N) is 1. The Morgan fingerprint density at radius 2 is 2.10 bits per heavy atom. The fourth-order valence-electron chi connectivity index (χ4n) is 3.93. The van der Waals surface area contributed by atoms with Gasteiger partial charge in [0.05, 0.1) is 5.52 Å². The van der Waals surface area contributed by atoms with E-state index in [9.17, 15) is 4.79 Å². The van der Waals surface area contributed by atoms with Crippen LogP contribution in [0.3, 0.4) is 0 Å². The Balaban J connectivity index is 1.46. The zero-order valence-corrected chi connectivity index (χ0v) is 13.4. The van der Waals surface area contributed by atoms with Gasteiger partial charge in [0.2, 0.25) is 5.91 Å². The van der Waals surface area contributed by atoms with Crippen molar-refractivity contribution in [1.82, 2.24) is 4.98 Å². The van der Waals surface area contributed by atoms with Crippen LogP contribution in [-0.2, 0) is 4.79 Å². The molecule has 2 unspecified atom stereocenters. The van der Waals surface area contributed by atoms with E-state index in [0.717, 1.165) is 23.5 Å². The Hall–Kier alpha value is -0.980. The van der Waals surface area contributed by atoms with Crippen LogP contribution in [-0.4, -0.2) is 16.9 Å². The third-order valence-electron chi connectivity index (χ3n) is 5.04. The molecule has 2 heterocycles. The summed E-state index contributed by atoms with van der Waals surface area (Å²) in [6.07, 6.45) is 5.55. The van der Waals surface area contributed by atoms with Gasteiger partial charge in [0, 0.05) is 12.0 Å². The summed E-state index contributed by atoms with van der Waals surface area (Å²) in [7, 11) is 0. The van der Waals surface area contributed by atoms with Crippen molar-refractivity contribution in [3.63, 3.8) is 0 Å². The first kappa shape index (κ1) is 13.7. The number of nitrogens with one attached hydrogen (secondary N) is 1. The molecule has 2 atom stereocenters. The summed E-state index contributed by atoms with van der Waals surface area (Å²) >= 11 is 3.24. The summed E-state index contributed by atoms with van der Waals surface area (Å²) in [6.45, 7) is 0. The molecule has 21 heavy (non-hydrogen) atoms. The van der Waals surface area contributed by atoms with Crippen LogP contribution in [0.4, 0.5) is 5.13 Å². The van der Waals surface area contributed by atoms with E-state index in [1.165, 1.54) is 23.3 Å². The summed E-state index contributed by atoms with van der Waals surface area (Å²) in [4.78, 5) is 17.0. The fourth-order valence-corrected chi connectivity index (χ4v) is 5.77. The number of anilines is 1. The summed E-state index contributed by atoms with van der Waals surface area (Å²) < 4.78 is 1.17. The highest BCUT2D eigenvalue weighted by Gasteiger charge is 2.40. The molecule has 2 bridgehead atoms. The summed E-state index contributed by atoms with van der Waals surface area (Å²) in [5.41, 5.74) is 7.28. The third-order valence-corrected chi connectivity index (χ3v) is 7.05. The molecule has 112 valence electrons. The van der Waals surface area contributed by atoms with Crippen LogP contribution in [0.1, 0.15) is 32.1 Å². The van der Waals surface area contributed by atoms with Crippen molar-refractivity contribution >= 4 is 43.2 Å². The van der Waals surface area contributed by atoms with E-state index in [-0.39, 0.29) is 11.8 Å². The van der Waals surface area contributed by atoms with E-state index in [2.05, 4.69) is 10.3 Å². The van der Waals surface area contributed by atoms with Crippen LogP contribution in [0, 0.1) is 17.8 Å². The maximum atomic E-state index is 12.5. The van der Waals surface area contributed by atoms with Crippen molar-refractivity contribution < 1.29 is 4.79 Å². The average molecular weight is 321 g/mol. The lowest BCUT2D eigenvalue weighted by molar-refractivity contribution is -0.122. The quantitative estimate of drug-likeness (QED) is 0.890. The van der Waals surface area contributed by atoms with E-state index in [1.807, 2.05) is 11.4 Å². The predicted molar refractivity (Wildman–Crippen MR) is 87.7 cm³/mol. The van der Waals surface area contributed by atoms with Gasteiger partial charge in [-0.25, -0.2) is 4.98 Å². The van der Waals surface area contributed by atoms with Crippen molar-refractivity contribution in [1.29, 1.82) is 0 Å². The molecule has 6 heteroatoms. The fraction of sp³-hybridized carbons (Fsp3) is 0.600. The second-order valence-corrected chi connectivity index (χ2v) is 8.47. The van der Waals surface area contributed by atoms with Crippen LogP contribution in [0.15, 0.2) is 11.4 Å². The first-order valence-corrected chi connectivity index (χ1v) is 9.31. The van der Waals surface area contributed by atoms with E-state index in [0.29, 0.717) is 17.9 Å². The van der Waals surface area contributed by atoms with Crippen LogP contribution in [0.25, 0.3) is 9.53 Å². The average Bonchev–Trinajstić information content (AvgIpc) is 2.99. The first-order valence-electron chi connectivity index (χ1n) is 7.61. The predicted octanol–water partition coefficient (Wildman–Crippen LogP) is 3.45. The van der Waals surface area contributed by atoms with E-state index < -0.39 is 0 Å². The number of amides is 1. The number of nitrogens with two attached hydrogens (primary N) is 1. The molecule has 0 aliphatic heterocycles. The van der Waals surface area contributed by atoms with Crippen molar-refractivity contribution in [3.8, 4) is 0 Å². The number of carbonyl (C=O) groups is 1. The van der Waals surface area contributed by atoms with Crippen molar-refractivity contribution in [2.75, 3.05) is 5.32 Å². The lowest BCUT2D eigenvalue weighted by Gasteiger charge is -2.43. The smallest absolute Gasteiger partial charge is 0.229 e. The van der Waals surface area contributed by atoms with Gasteiger partial charge in [-0.05, 0) is 49.0 Å². The number of fused-ring (bicyclic) bond motifs is 3. The maximum absolute atomic E-state index is 12.5. The molecule has 4 nitrogen and oxygen atoms in total. The molecule has 2 aromatic rings. The highest BCUT2D eigenvalue weighted by Crippen LogP contribution is 2.42. The van der Waals surface area contributed by atoms with E-state index >= 15 is 0 Å². The van der Waals surface area contributed by atoms with Crippen molar-refractivity contribution in [3.05, 3.63) is 11.4 Å². The number of hydrogen-bond acceptors (Lipinski definition) is 5. The van der Waals surface area contributed by atoms with Crippen LogP contribution in [0.2, 0.25) is 0 Å². The van der Waals surface area contributed by atoms with Crippen LogP contribution >= 0.6 is 22.7 Å². The Morgan fingerprint density at radius 3 is 2.81 bits per heavy atom. The number of thiazole rings is 1. The van der Waals surface area contributed by atoms with Gasteiger partial charge in [-0.3, -0.25) is 4.79 Å². The normalized spacial score (nSPS) is 32.2. The zero-order valence-electron chi connectivity index (χ0n) is 11.7. The molecular weight excluding hydrogens is 302 g/mol. The molecule has 0 radical (unpaired) electrons. The SMILES string of the molecule is NC1C2CCCC1CC(C(=O)Nc1nc3ccsc3s1)C2. The van der Waals surface area contributed by atoms with Crippen molar-refractivity contribution in [2.45, 2.75) is 38.1 Å². The highest BCUT2D eigenvalue weighted by atomic mass is 32.2. The Labute approximate surface area is 131 Å². The minimum Gasteiger partial charge on any atom is -0.327 e. The largest absolute Gasteiger partial charge is 0.327 e. The monoisotopic (exact) mass is 321 g/mol. The summed E-state index contributed by atoms with van der Waals surface area (Å²) in [5, 5.41) is 5.79. The molecule has 4 rings (SSSR count). The van der Waals surface area contributed by atoms with Gasteiger partial charge in [-0.15, -0.1) is 11.3 Å². The zero-order chi connectivity index (χ0) is 14.4. The summed E-state index contributed by atoms with van der Waals surface area (Å²) in [6, 6.07) is 2.31. The third kappa shape index (κ3) is 2.49. The van der Waals surface area contributed by atoms with E-state index in [4.69, 9.17) is 5.73 Å². The molecular formula is C15H19N3OS2. The first-order chi connectivity index (χ1) is 10.2. The molecule has 2 aliphatic carbocycles. The second kappa shape index (κ2) is 5.34. The number of hydrogen-bond donors (Lipinski definition) is 2. The van der Waals surface area contributed by atoms with Crippen LogP contribution in [0.5, 0.6) is 0 Å². The second-order valence-electron chi connectivity index (χ2n) is 6.30. The van der Waals surface area contributed by atoms with Gasteiger partial charge in [0.1, 0.15) is 4.01 Å². The Morgan fingerprint density at radius 1 is 1.33 bits per heavy atom. The van der Waals surface area contributed by atoms with E-state index in [1.54, 1.807) is 22.7 Å². The van der Waals surface area contributed by atoms with Gasteiger partial charge < -0.3 is 11.1 Å². The van der Waals surface area contributed by atoms with Gasteiger partial charge >= 0.3 is 0 Å². The topological polar surface area (TPSA) is 68.0 Å². The lowest BCUT2D eigenvalue weighted by Crippen LogP contribution is -2.48. The maximum Gasteiger partial charge on any atom is 0.229 e. The molecule has 2 aromatic heterocycles. The van der Waals surface area contributed by atoms with Crippen LogP contribution < -0.4 is 11.1 Å². The Bertz CT molecular complexity index is 622. The number of aromatic nitrogens is 1. The highest BCUT2D eigenvalue weighted by molar-refractivity contribution is 7.39. The molecule has 3 N–H and O–H groups in total. The summed E-state index contributed by atoms with van der Waals surface area (Å²) in [5.74, 6) is 1.32. The van der Waals surface area contributed by atoms with Crippen molar-refractivity contribution in [2.24, 2.45) is 23.5 Å². The minimum absolute atomic E-state index is 0.113. The molecule has 0 aromatic carbocycles. The van der Waals surface area contributed by atoms with Gasteiger partial charge in [0.25, 0.3) is 0 Å². The minimum atomic E-state index is 0.113. The van der Waals surface area contributed by atoms with Gasteiger partial charge in [-0.1, -0.05) is 17.8 Å². The van der Waals surface area contributed by atoms with Gasteiger partial charge in [-0.2, -0.15) is 0 Å². The Kier molecular flexibility index (Phi) is 3.47. The molecule has 0 saturated heterocycles. The number of rotatable bonds is 2. The molecule has 0 spiro atoms. The lowest BCUT2D eigenvalue weighted by atomic mass is 9.65. The molecule has 2 fully saturated rings.